The van der Waals surface area contributed by atoms with E-state index in [0.717, 1.165) is 6.07 Å². The van der Waals surface area contributed by atoms with E-state index in [9.17, 15) is 22.4 Å². The standard InChI is InChI=1S/C13H15F4NOS/c1-7(2)12(19)18-10-5-11(8(3)4-9(10)14)20-6-13(15,16)17/h4-5,7H,6H2,1-3H3,(H,18,19). The van der Waals surface area contributed by atoms with Gasteiger partial charge in [0.1, 0.15) is 5.82 Å². The van der Waals surface area contributed by atoms with Crippen LogP contribution in [0.4, 0.5) is 23.2 Å². The second-order valence-electron chi connectivity index (χ2n) is 4.65. The Labute approximate surface area is 118 Å². The Balaban J connectivity index is 2.94. The van der Waals surface area contributed by atoms with E-state index < -0.39 is 17.7 Å². The molecule has 1 rings (SSSR count). The Morgan fingerprint density at radius 3 is 2.45 bits per heavy atom. The number of hydrogen-bond acceptors (Lipinski definition) is 2. The van der Waals surface area contributed by atoms with Gasteiger partial charge < -0.3 is 5.32 Å². The lowest BCUT2D eigenvalue weighted by Gasteiger charge is -2.13. The molecule has 1 aromatic rings. The summed E-state index contributed by atoms with van der Waals surface area (Å²) in [5.74, 6) is -2.45. The molecule has 112 valence electrons. The minimum Gasteiger partial charge on any atom is -0.323 e. The van der Waals surface area contributed by atoms with E-state index in [1.165, 1.54) is 13.0 Å². The maximum Gasteiger partial charge on any atom is 0.398 e. The van der Waals surface area contributed by atoms with E-state index >= 15 is 0 Å². The molecular formula is C13H15F4NOS. The van der Waals surface area contributed by atoms with Crippen molar-refractivity contribution in [2.45, 2.75) is 31.8 Å². The smallest absolute Gasteiger partial charge is 0.323 e. The minimum atomic E-state index is -4.30. The minimum absolute atomic E-state index is 0.0982. The number of alkyl halides is 3. The van der Waals surface area contributed by atoms with Gasteiger partial charge in [0.15, 0.2) is 0 Å². The van der Waals surface area contributed by atoms with Crippen molar-refractivity contribution >= 4 is 23.4 Å². The molecule has 0 aliphatic carbocycles. The number of carbonyl (C=O) groups is 1. The lowest BCUT2D eigenvalue weighted by atomic mass is 10.2. The van der Waals surface area contributed by atoms with E-state index in [4.69, 9.17) is 0 Å². The van der Waals surface area contributed by atoms with Gasteiger partial charge in [-0.1, -0.05) is 13.8 Å². The van der Waals surface area contributed by atoms with Crippen molar-refractivity contribution in [1.82, 2.24) is 0 Å². The second-order valence-corrected chi connectivity index (χ2v) is 5.66. The van der Waals surface area contributed by atoms with Crippen molar-refractivity contribution < 1.29 is 22.4 Å². The third-order valence-corrected chi connectivity index (χ3v) is 3.66. The molecule has 0 spiro atoms. The molecule has 0 saturated heterocycles. The van der Waals surface area contributed by atoms with Crippen LogP contribution in [0.25, 0.3) is 0 Å². The van der Waals surface area contributed by atoms with Crippen LogP contribution in [0.5, 0.6) is 0 Å². The lowest BCUT2D eigenvalue weighted by molar-refractivity contribution is -0.119. The fourth-order valence-electron chi connectivity index (χ4n) is 1.34. The van der Waals surface area contributed by atoms with Crippen LogP contribution in [0, 0.1) is 18.7 Å². The largest absolute Gasteiger partial charge is 0.398 e. The van der Waals surface area contributed by atoms with E-state index in [0.29, 0.717) is 22.2 Å². The zero-order valence-corrected chi connectivity index (χ0v) is 12.1. The highest BCUT2D eigenvalue weighted by Crippen LogP contribution is 2.32. The second kappa shape index (κ2) is 6.47. The molecule has 1 N–H and O–H groups in total. The quantitative estimate of drug-likeness (QED) is 0.660. The van der Waals surface area contributed by atoms with Crippen LogP contribution in [0.1, 0.15) is 19.4 Å². The van der Waals surface area contributed by atoms with Crippen LogP contribution in [-0.4, -0.2) is 17.8 Å². The summed E-state index contributed by atoms with van der Waals surface area (Å²) in [5, 5.41) is 2.37. The van der Waals surface area contributed by atoms with Crippen LogP contribution in [0.2, 0.25) is 0 Å². The summed E-state index contributed by atoms with van der Waals surface area (Å²) in [6.45, 7) is 4.80. The molecule has 1 aromatic carbocycles. The number of anilines is 1. The highest BCUT2D eigenvalue weighted by molar-refractivity contribution is 7.99. The summed E-state index contributed by atoms with van der Waals surface area (Å²) in [6, 6.07) is 2.36. The number of halogens is 4. The monoisotopic (exact) mass is 309 g/mol. The predicted molar refractivity (Wildman–Crippen MR) is 71.4 cm³/mol. The third kappa shape index (κ3) is 5.03. The van der Waals surface area contributed by atoms with Gasteiger partial charge >= 0.3 is 6.18 Å². The molecule has 0 saturated carbocycles. The van der Waals surface area contributed by atoms with Crippen molar-refractivity contribution in [2.24, 2.45) is 5.92 Å². The van der Waals surface area contributed by atoms with Crippen LogP contribution < -0.4 is 5.32 Å². The molecule has 20 heavy (non-hydrogen) atoms. The average Bonchev–Trinajstić information content (AvgIpc) is 2.29. The van der Waals surface area contributed by atoms with Gasteiger partial charge in [0.25, 0.3) is 0 Å². The summed E-state index contributed by atoms with van der Waals surface area (Å²) >= 11 is 0.569. The highest BCUT2D eigenvalue weighted by Gasteiger charge is 2.27. The van der Waals surface area contributed by atoms with Crippen molar-refractivity contribution in [3.05, 3.63) is 23.5 Å². The Morgan fingerprint density at radius 2 is 1.95 bits per heavy atom. The first-order valence-corrected chi connectivity index (χ1v) is 6.89. The number of carbonyl (C=O) groups excluding carboxylic acids is 1. The molecule has 0 fully saturated rings. The Morgan fingerprint density at radius 1 is 1.35 bits per heavy atom. The number of aryl methyl sites for hydroxylation is 1. The lowest BCUT2D eigenvalue weighted by Crippen LogP contribution is -2.18. The van der Waals surface area contributed by atoms with Crippen molar-refractivity contribution in [3.63, 3.8) is 0 Å². The number of nitrogens with one attached hydrogen (secondary N) is 1. The first kappa shape index (κ1) is 16.8. The van der Waals surface area contributed by atoms with Gasteiger partial charge in [0, 0.05) is 10.8 Å². The molecule has 1 amide bonds. The molecule has 7 heteroatoms. The van der Waals surface area contributed by atoms with Gasteiger partial charge in [0.05, 0.1) is 11.4 Å². The van der Waals surface area contributed by atoms with E-state index in [1.54, 1.807) is 13.8 Å². The van der Waals surface area contributed by atoms with Crippen LogP contribution in [0.3, 0.4) is 0 Å². The average molecular weight is 309 g/mol. The maximum atomic E-state index is 13.7. The Kier molecular flexibility index (Phi) is 5.44. The molecule has 0 heterocycles. The maximum absolute atomic E-state index is 13.7. The van der Waals surface area contributed by atoms with Gasteiger partial charge in [0.2, 0.25) is 5.91 Å². The zero-order valence-electron chi connectivity index (χ0n) is 11.3. The molecule has 0 aliphatic heterocycles. The van der Waals surface area contributed by atoms with Crippen LogP contribution in [0.15, 0.2) is 17.0 Å². The summed E-state index contributed by atoms with van der Waals surface area (Å²) in [7, 11) is 0. The Bertz CT molecular complexity index is 500. The summed E-state index contributed by atoms with van der Waals surface area (Å²) in [4.78, 5) is 11.8. The molecular weight excluding hydrogens is 294 g/mol. The van der Waals surface area contributed by atoms with Gasteiger partial charge in [-0.25, -0.2) is 4.39 Å². The summed E-state index contributed by atoms with van der Waals surface area (Å²) in [6.07, 6.45) is -4.30. The fourth-order valence-corrected chi connectivity index (χ4v) is 2.15. The number of hydrogen-bond donors (Lipinski definition) is 1. The number of thioether (sulfide) groups is 1. The molecule has 2 nitrogen and oxygen atoms in total. The van der Waals surface area contributed by atoms with Crippen molar-refractivity contribution in [2.75, 3.05) is 11.1 Å². The molecule has 0 aliphatic rings. The first-order valence-electron chi connectivity index (χ1n) is 5.90. The summed E-state index contributed by atoms with van der Waals surface area (Å²) in [5.41, 5.74) is 0.304. The highest BCUT2D eigenvalue weighted by atomic mass is 32.2. The van der Waals surface area contributed by atoms with Gasteiger partial charge in [-0.15, -0.1) is 11.8 Å². The number of rotatable bonds is 4. The molecule has 0 radical (unpaired) electrons. The van der Waals surface area contributed by atoms with Crippen molar-refractivity contribution in [3.8, 4) is 0 Å². The topological polar surface area (TPSA) is 29.1 Å². The van der Waals surface area contributed by atoms with Crippen molar-refractivity contribution in [1.29, 1.82) is 0 Å². The predicted octanol–water partition coefficient (Wildman–Crippen LogP) is 4.38. The van der Waals surface area contributed by atoms with E-state index in [-0.39, 0.29) is 17.5 Å². The fraction of sp³-hybridized carbons (Fsp3) is 0.462. The molecule has 0 bridgehead atoms. The molecule has 0 aromatic heterocycles. The summed E-state index contributed by atoms with van der Waals surface area (Å²) < 4.78 is 50.3. The molecule has 0 atom stereocenters. The third-order valence-electron chi connectivity index (χ3n) is 2.44. The SMILES string of the molecule is Cc1cc(F)c(NC(=O)C(C)C)cc1SCC(F)(F)F. The van der Waals surface area contributed by atoms with E-state index in [2.05, 4.69) is 5.32 Å². The zero-order chi connectivity index (χ0) is 15.5. The molecule has 0 unspecified atom stereocenters. The van der Waals surface area contributed by atoms with Gasteiger partial charge in [-0.05, 0) is 24.6 Å². The number of benzene rings is 1. The van der Waals surface area contributed by atoms with Gasteiger partial charge in [-0.2, -0.15) is 13.2 Å². The van der Waals surface area contributed by atoms with Crippen LogP contribution >= 0.6 is 11.8 Å². The normalized spacial score (nSPS) is 11.8. The number of amides is 1. The van der Waals surface area contributed by atoms with E-state index in [1.807, 2.05) is 0 Å². The Hall–Kier alpha value is -1.24. The first-order chi connectivity index (χ1) is 9.10. The van der Waals surface area contributed by atoms with Gasteiger partial charge in [-0.3, -0.25) is 4.79 Å². The van der Waals surface area contributed by atoms with Crippen LogP contribution in [-0.2, 0) is 4.79 Å².